The zero-order chi connectivity index (χ0) is 54.8. The largest absolute Gasteiger partial charge is 0.512 e. The van der Waals surface area contributed by atoms with Crippen LogP contribution < -0.4 is 0 Å². The molecule has 0 saturated carbocycles. The first-order valence-electron chi connectivity index (χ1n) is 26.5. The zero-order valence-electron chi connectivity index (χ0n) is 46.9. The fourth-order valence-corrected chi connectivity index (χ4v) is 9.53. The standard InChI is InChI=1S/C27H24NO.C25H20NO.C11H20O2.C5H8O2.2Ir/c1-16(2)9-19-13-24(20-11-17(3)10-18(4)12-20)28-25-15-27-23(14-22(19)25)21-7-5-6-8-26(21)29-27;1-16(2)12-18-13-22(17-8-4-3-5-9-17)26-23-15-25-21(14-20(18)23)19-10-6-7-11-24(19)27-25;1-8(2)5-10(12)7-11(13)6-9(3)4;1-4(6)3-5(2)7;;/h5-8,10-11,13-16H,9H2,1-4H3;3-8,10-11,13-16H,12H2,1-2H3;7-9,12H,5-6H2,1-4H3;3,6H,1-2H3;;/q2*-1;;;;. The third kappa shape index (κ3) is 16.7. The third-order valence-electron chi connectivity index (χ3n) is 12.4. The van der Waals surface area contributed by atoms with Gasteiger partial charge in [-0.1, -0.05) is 118 Å². The zero-order valence-corrected chi connectivity index (χ0v) is 51.7. The van der Waals surface area contributed by atoms with Crippen LogP contribution in [0, 0.1) is 49.7 Å². The maximum atomic E-state index is 11.2. The topological polar surface area (TPSA) is 127 Å². The summed E-state index contributed by atoms with van der Waals surface area (Å²) in [4.78, 5) is 31.2. The summed E-state index contributed by atoms with van der Waals surface area (Å²) in [6, 6.07) is 48.7. The van der Waals surface area contributed by atoms with Gasteiger partial charge in [-0.2, -0.15) is 0 Å². The molecule has 2 N–H and O–H groups in total. The van der Waals surface area contributed by atoms with Crippen LogP contribution in [0.1, 0.15) is 104 Å². The number of aliphatic hydroxyl groups excluding tert-OH is 2. The van der Waals surface area contributed by atoms with Crippen molar-refractivity contribution >= 4 is 77.2 Å². The van der Waals surface area contributed by atoms with E-state index in [2.05, 4.69) is 133 Å². The van der Waals surface area contributed by atoms with Gasteiger partial charge in [0.05, 0.1) is 22.6 Å². The Bertz CT molecular complexity index is 3710. The fraction of sp³-hybridized carbons (Fsp3) is 0.294. The average molecular weight is 1400 g/mol. The van der Waals surface area contributed by atoms with Crippen molar-refractivity contribution in [2.45, 2.75) is 109 Å². The molecule has 2 radical (unpaired) electrons. The molecule has 0 bridgehead atoms. The Morgan fingerprint density at radius 1 is 0.538 bits per heavy atom. The number of hydrogen-bond acceptors (Lipinski definition) is 8. The Kier molecular flexibility index (Phi) is 22.7. The van der Waals surface area contributed by atoms with Gasteiger partial charge in [-0.05, 0) is 97.1 Å². The number of pyridine rings is 2. The molecule has 0 amide bonds. The van der Waals surface area contributed by atoms with E-state index in [9.17, 15) is 14.7 Å². The Hall–Kier alpha value is -6.54. The van der Waals surface area contributed by atoms with Crippen molar-refractivity contribution in [2.75, 3.05) is 0 Å². The molecule has 4 aromatic heterocycles. The second-order valence-electron chi connectivity index (χ2n) is 21.7. The molecule has 78 heavy (non-hydrogen) atoms. The average Bonchev–Trinajstić information content (AvgIpc) is 3.89. The first kappa shape index (κ1) is 62.3. The molecule has 10 rings (SSSR count). The monoisotopic (exact) mass is 1400 g/mol. The number of benzene rings is 6. The fourth-order valence-electron chi connectivity index (χ4n) is 9.53. The molecule has 0 aliphatic carbocycles. The molecule has 6 aromatic carbocycles. The van der Waals surface area contributed by atoms with Gasteiger partial charge in [0.1, 0.15) is 22.3 Å². The van der Waals surface area contributed by atoms with Gasteiger partial charge in [0, 0.05) is 110 Å². The summed E-state index contributed by atoms with van der Waals surface area (Å²) in [7, 11) is 0. The summed E-state index contributed by atoms with van der Waals surface area (Å²) < 4.78 is 12.2. The molecule has 0 atom stereocenters. The first-order valence-corrected chi connectivity index (χ1v) is 26.5. The van der Waals surface area contributed by atoms with Crippen LogP contribution in [0.15, 0.2) is 154 Å². The summed E-state index contributed by atoms with van der Waals surface area (Å²) in [6.45, 7) is 24.1. The first-order chi connectivity index (χ1) is 36.2. The molecular formula is C68H72Ir2N2O6-2. The van der Waals surface area contributed by atoms with E-state index in [4.69, 9.17) is 23.9 Å². The molecule has 10 aromatic rings. The normalized spacial score (nSPS) is 11.6. The number of ketones is 2. The van der Waals surface area contributed by atoms with Crippen LogP contribution in [0.4, 0.5) is 0 Å². The Balaban J connectivity index is 0.000000212. The Morgan fingerprint density at radius 2 is 1.03 bits per heavy atom. The van der Waals surface area contributed by atoms with Crippen molar-refractivity contribution in [1.29, 1.82) is 0 Å². The quantitative estimate of drug-likeness (QED) is 0.0704. The summed E-state index contributed by atoms with van der Waals surface area (Å²) in [5, 5.41) is 24.8. The predicted octanol–water partition coefficient (Wildman–Crippen LogP) is 18.3. The summed E-state index contributed by atoms with van der Waals surface area (Å²) in [5.74, 6) is 2.05. The number of hydrogen-bond donors (Lipinski definition) is 2. The number of carbonyl (C=O) groups excluding carboxylic acids is 2. The predicted molar refractivity (Wildman–Crippen MR) is 315 cm³/mol. The summed E-state index contributed by atoms with van der Waals surface area (Å²) in [6.07, 6.45) is 5.66. The van der Waals surface area contributed by atoms with E-state index in [1.54, 1.807) is 0 Å². The Morgan fingerprint density at radius 3 is 1.45 bits per heavy atom. The summed E-state index contributed by atoms with van der Waals surface area (Å²) >= 11 is 0. The smallest absolute Gasteiger partial charge is 0.159 e. The van der Waals surface area contributed by atoms with Crippen LogP contribution in [0.2, 0.25) is 0 Å². The molecule has 0 spiro atoms. The number of allylic oxidation sites excluding steroid dienone is 4. The third-order valence-corrected chi connectivity index (χ3v) is 12.4. The molecule has 8 nitrogen and oxygen atoms in total. The Labute approximate surface area is 487 Å². The second kappa shape index (κ2) is 28.4. The molecule has 0 aliphatic rings. The van der Waals surface area contributed by atoms with Gasteiger partial charge >= 0.3 is 0 Å². The van der Waals surface area contributed by atoms with Crippen molar-refractivity contribution < 1.29 is 68.8 Å². The van der Waals surface area contributed by atoms with Crippen LogP contribution in [0.3, 0.4) is 0 Å². The van der Waals surface area contributed by atoms with E-state index in [0.717, 1.165) is 95.8 Å². The molecule has 0 unspecified atom stereocenters. The molecule has 410 valence electrons. The van der Waals surface area contributed by atoms with Crippen LogP contribution >= 0.6 is 0 Å². The number of nitrogens with zero attached hydrogens (tertiary/aromatic N) is 2. The SMILES string of the molecule is CC(=O)C=C(C)O.CC(C)CC(=O)C=C(O)CC(C)C.CC(C)Cc1cc(-c2[c-]cccc2)nc2cc3oc4ccccc4c3cc12.Cc1[c-]c(-c2cc(CC(C)C)c3cc4c(cc3n2)oc2ccccc24)cc(C)c1.[Ir].[Ir]. The van der Waals surface area contributed by atoms with Gasteiger partial charge in [-0.15, -0.1) is 70.8 Å². The second-order valence-corrected chi connectivity index (χ2v) is 21.7. The molecule has 0 saturated heterocycles. The molecule has 4 heterocycles. The number of furan rings is 2. The number of aromatic nitrogens is 2. The molecule has 0 fully saturated rings. The number of fused-ring (bicyclic) bond motifs is 8. The molecule has 0 aliphatic heterocycles. The van der Waals surface area contributed by atoms with Crippen molar-refractivity contribution in [2.24, 2.45) is 23.7 Å². The maximum absolute atomic E-state index is 11.2. The van der Waals surface area contributed by atoms with E-state index in [-0.39, 0.29) is 63.3 Å². The summed E-state index contributed by atoms with van der Waals surface area (Å²) in [5.41, 5.74) is 14.6. The van der Waals surface area contributed by atoms with E-state index in [1.165, 1.54) is 53.5 Å². The number of aryl methyl sites for hydroxylation is 2. The van der Waals surface area contributed by atoms with Gasteiger partial charge in [0.15, 0.2) is 11.6 Å². The van der Waals surface area contributed by atoms with Crippen LogP contribution in [0.25, 0.3) is 88.2 Å². The van der Waals surface area contributed by atoms with Crippen molar-refractivity contribution in [1.82, 2.24) is 9.97 Å². The van der Waals surface area contributed by atoms with Crippen molar-refractivity contribution in [3.05, 3.63) is 179 Å². The molecule has 10 heteroatoms. The van der Waals surface area contributed by atoms with E-state index < -0.39 is 0 Å². The van der Waals surface area contributed by atoms with Gasteiger partial charge in [0.25, 0.3) is 0 Å². The van der Waals surface area contributed by atoms with Gasteiger partial charge < -0.3 is 19.0 Å². The van der Waals surface area contributed by atoms with E-state index in [1.807, 2.05) is 70.2 Å². The van der Waals surface area contributed by atoms with Crippen LogP contribution in [-0.4, -0.2) is 31.7 Å². The number of carbonyl (C=O) groups is 2. The van der Waals surface area contributed by atoms with Crippen LogP contribution in [0.5, 0.6) is 0 Å². The van der Waals surface area contributed by atoms with Gasteiger partial charge in [0.2, 0.25) is 0 Å². The van der Waals surface area contributed by atoms with Gasteiger partial charge in [-0.3, -0.25) is 19.6 Å². The van der Waals surface area contributed by atoms with E-state index >= 15 is 0 Å². The minimum absolute atomic E-state index is 0. The number of para-hydroxylation sites is 2. The van der Waals surface area contributed by atoms with Crippen molar-refractivity contribution in [3.63, 3.8) is 0 Å². The molecular weight excluding hydrogens is 1330 g/mol. The van der Waals surface area contributed by atoms with Crippen LogP contribution in [-0.2, 0) is 62.6 Å². The minimum atomic E-state index is -0.125. The van der Waals surface area contributed by atoms with Gasteiger partial charge in [-0.25, -0.2) is 0 Å². The van der Waals surface area contributed by atoms with E-state index in [0.29, 0.717) is 36.5 Å². The number of rotatable bonds is 12. The minimum Gasteiger partial charge on any atom is -0.512 e. The maximum Gasteiger partial charge on any atom is 0.159 e. The number of aliphatic hydroxyl groups is 2. The van der Waals surface area contributed by atoms with Crippen molar-refractivity contribution in [3.8, 4) is 22.5 Å².